The van der Waals surface area contributed by atoms with Crippen LogP contribution in [0.15, 0.2) is 24.3 Å². The number of rotatable bonds is 7. The normalized spacial score (nSPS) is 10.8. The molecule has 0 N–H and O–H groups in total. The molecule has 0 aliphatic heterocycles. The Balaban J connectivity index is 2.02. The lowest BCUT2D eigenvalue weighted by Gasteiger charge is -2.07. The Morgan fingerprint density at radius 1 is 1.17 bits per heavy atom. The highest BCUT2D eigenvalue weighted by atomic mass is 16.5. The van der Waals surface area contributed by atoms with Crippen LogP contribution in [-0.4, -0.2) is 22.3 Å². The summed E-state index contributed by atoms with van der Waals surface area (Å²) < 4.78 is 7.08. The van der Waals surface area contributed by atoms with Gasteiger partial charge < -0.3 is 4.74 Å². The molecule has 0 bridgehead atoms. The standard InChI is InChI=1S/C19H26N2O2/c1-5-7-8-18-14(3)20-21(15(18)4)19(22)13-23-17-11-9-16(6-2)10-12-17/h9-12H,5-8,13H2,1-4H3. The maximum Gasteiger partial charge on any atom is 0.284 e. The Hall–Kier alpha value is -2.10. The minimum atomic E-state index is -0.132. The number of hydrogen-bond acceptors (Lipinski definition) is 3. The molecule has 1 heterocycles. The molecular formula is C19H26N2O2. The molecule has 1 aromatic carbocycles. The Kier molecular flexibility index (Phi) is 5.97. The first kappa shape index (κ1) is 17.3. The molecular weight excluding hydrogens is 288 g/mol. The number of ether oxygens (including phenoxy) is 1. The lowest BCUT2D eigenvalue weighted by Crippen LogP contribution is -2.21. The number of carbonyl (C=O) groups excluding carboxylic acids is 1. The molecule has 0 radical (unpaired) electrons. The number of carbonyl (C=O) groups is 1. The first-order valence-corrected chi connectivity index (χ1v) is 8.36. The number of unbranched alkanes of at least 4 members (excludes halogenated alkanes) is 1. The van der Waals surface area contributed by atoms with E-state index in [0.717, 1.165) is 37.1 Å². The summed E-state index contributed by atoms with van der Waals surface area (Å²) in [6, 6.07) is 7.85. The monoisotopic (exact) mass is 314 g/mol. The average Bonchev–Trinajstić information content (AvgIpc) is 2.85. The molecule has 1 aromatic heterocycles. The predicted octanol–water partition coefficient (Wildman–Crippen LogP) is 4.12. The van der Waals surface area contributed by atoms with Crippen LogP contribution in [0, 0.1) is 13.8 Å². The van der Waals surface area contributed by atoms with Crippen LogP contribution in [0.1, 0.15) is 54.0 Å². The van der Waals surface area contributed by atoms with Crippen molar-refractivity contribution < 1.29 is 9.53 Å². The van der Waals surface area contributed by atoms with Gasteiger partial charge in [0, 0.05) is 5.69 Å². The van der Waals surface area contributed by atoms with Crippen LogP contribution < -0.4 is 4.74 Å². The number of nitrogens with zero attached hydrogens (tertiary/aromatic N) is 2. The lowest BCUT2D eigenvalue weighted by molar-refractivity contribution is 0.0818. The van der Waals surface area contributed by atoms with E-state index in [4.69, 9.17) is 4.74 Å². The molecule has 124 valence electrons. The second-order valence-electron chi connectivity index (χ2n) is 5.84. The maximum atomic E-state index is 12.4. The van der Waals surface area contributed by atoms with E-state index in [2.05, 4.69) is 18.9 Å². The molecule has 0 aliphatic carbocycles. The van der Waals surface area contributed by atoms with Crippen LogP contribution in [0.2, 0.25) is 0 Å². The van der Waals surface area contributed by atoms with Gasteiger partial charge in [0.1, 0.15) is 5.75 Å². The van der Waals surface area contributed by atoms with Gasteiger partial charge in [-0.3, -0.25) is 4.79 Å². The van der Waals surface area contributed by atoms with Gasteiger partial charge in [0.15, 0.2) is 6.61 Å². The van der Waals surface area contributed by atoms with E-state index < -0.39 is 0 Å². The first-order chi connectivity index (χ1) is 11.1. The van der Waals surface area contributed by atoms with E-state index in [1.165, 1.54) is 15.8 Å². The van der Waals surface area contributed by atoms with Crippen molar-refractivity contribution in [3.8, 4) is 5.75 Å². The number of benzene rings is 1. The summed E-state index contributed by atoms with van der Waals surface area (Å²) in [6.45, 7) is 8.20. The van der Waals surface area contributed by atoms with Gasteiger partial charge in [-0.1, -0.05) is 32.4 Å². The van der Waals surface area contributed by atoms with Gasteiger partial charge in [-0.25, -0.2) is 4.68 Å². The zero-order valence-electron chi connectivity index (χ0n) is 14.6. The third-order valence-corrected chi connectivity index (χ3v) is 4.15. The van der Waals surface area contributed by atoms with Gasteiger partial charge in [0.05, 0.1) is 5.69 Å². The third-order valence-electron chi connectivity index (χ3n) is 4.15. The fraction of sp³-hybridized carbons (Fsp3) is 0.474. The highest BCUT2D eigenvalue weighted by Gasteiger charge is 2.16. The van der Waals surface area contributed by atoms with Crippen LogP contribution in [0.25, 0.3) is 0 Å². The molecule has 2 aromatic rings. The number of hydrogen-bond donors (Lipinski definition) is 0. The quantitative estimate of drug-likeness (QED) is 0.772. The number of aromatic nitrogens is 2. The molecule has 0 aliphatic rings. The second kappa shape index (κ2) is 7.95. The summed E-state index contributed by atoms with van der Waals surface area (Å²) in [4.78, 5) is 12.4. The highest BCUT2D eigenvalue weighted by Crippen LogP contribution is 2.17. The molecule has 0 saturated heterocycles. The van der Waals surface area contributed by atoms with Crippen molar-refractivity contribution in [1.82, 2.24) is 9.78 Å². The van der Waals surface area contributed by atoms with Crippen LogP contribution in [0.3, 0.4) is 0 Å². The topological polar surface area (TPSA) is 44.1 Å². The third kappa shape index (κ3) is 4.21. The number of aryl methyl sites for hydroxylation is 2. The highest BCUT2D eigenvalue weighted by molar-refractivity contribution is 5.80. The summed E-state index contributed by atoms with van der Waals surface area (Å²) in [6.07, 6.45) is 4.21. The van der Waals surface area contributed by atoms with Crippen LogP contribution in [0.5, 0.6) is 5.75 Å². The molecule has 0 unspecified atom stereocenters. The summed E-state index contributed by atoms with van der Waals surface area (Å²) in [5.41, 5.74) is 4.32. The van der Waals surface area contributed by atoms with Gasteiger partial charge in [-0.15, -0.1) is 0 Å². The SMILES string of the molecule is CCCCc1c(C)nn(C(=O)COc2ccc(CC)cc2)c1C. The smallest absolute Gasteiger partial charge is 0.284 e. The molecule has 0 spiro atoms. The molecule has 23 heavy (non-hydrogen) atoms. The van der Waals surface area contributed by atoms with Crippen molar-refractivity contribution >= 4 is 5.91 Å². The average molecular weight is 314 g/mol. The van der Waals surface area contributed by atoms with Crippen LogP contribution >= 0.6 is 0 Å². The van der Waals surface area contributed by atoms with E-state index in [1.54, 1.807) is 0 Å². The minimum Gasteiger partial charge on any atom is -0.484 e. The fourth-order valence-electron chi connectivity index (χ4n) is 2.66. The second-order valence-corrected chi connectivity index (χ2v) is 5.84. The predicted molar refractivity (Wildman–Crippen MR) is 92.3 cm³/mol. The minimum absolute atomic E-state index is 0.000644. The van der Waals surface area contributed by atoms with Crippen molar-refractivity contribution in [2.24, 2.45) is 0 Å². The molecule has 0 fully saturated rings. The van der Waals surface area contributed by atoms with Crippen molar-refractivity contribution in [2.45, 2.75) is 53.4 Å². The molecule has 4 heteroatoms. The van der Waals surface area contributed by atoms with Gasteiger partial charge in [-0.05, 0) is 56.4 Å². The Labute approximate surface area is 138 Å². The first-order valence-electron chi connectivity index (χ1n) is 8.36. The van der Waals surface area contributed by atoms with Crippen LogP contribution in [0.4, 0.5) is 0 Å². The zero-order valence-corrected chi connectivity index (χ0v) is 14.6. The summed E-state index contributed by atoms with van der Waals surface area (Å²) in [7, 11) is 0. The molecule has 0 saturated carbocycles. The van der Waals surface area contributed by atoms with Crippen molar-refractivity contribution in [3.05, 3.63) is 46.8 Å². The Bertz CT molecular complexity index is 657. The largest absolute Gasteiger partial charge is 0.484 e. The summed E-state index contributed by atoms with van der Waals surface area (Å²) in [5, 5.41) is 4.39. The molecule has 4 nitrogen and oxygen atoms in total. The molecule has 0 amide bonds. The summed E-state index contributed by atoms with van der Waals surface area (Å²) >= 11 is 0. The van der Waals surface area contributed by atoms with E-state index in [0.29, 0.717) is 5.75 Å². The lowest BCUT2D eigenvalue weighted by atomic mass is 10.1. The van der Waals surface area contributed by atoms with E-state index in [-0.39, 0.29) is 12.5 Å². The van der Waals surface area contributed by atoms with Gasteiger partial charge in [-0.2, -0.15) is 5.10 Å². The zero-order chi connectivity index (χ0) is 16.8. The van der Waals surface area contributed by atoms with Gasteiger partial charge in [0.2, 0.25) is 0 Å². The molecule has 0 atom stereocenters. The fourth-order valence-corrected chi connectivity index (χ4v) is 2.66. The molecule has 2 rings (SSSR count). The Morgan fingerprint density at radius 2 is 1.87 bits per heavy atom. The Morgan fingerprint density at radius 3 is 2.48 bits per heavy atom. The van der Waals surface area contributed by atoms with E-state index in [9.17, 15) is 4.79 Å². The summed E-state index contributed by atoms with van der Waals surface area (Å²) in [5.74, 6) is 0.580. The van der Waals surface area contributed by atoms with Gasteiger partial charge >= 0.3 is 0 Å². The van der Waals surface area contributed by atoms with Gasteiger partial charge in [0.25, 0.3) is 5.91 Å². The van der Waals surface area contributed by atoms with Crippen molar-refractivity contribution in [1.29, 1.82) is 0 Å². The van der Waals surface area contributed by atoms with Crippen molar-refractivity contribution in [3.63, 3.8) is 0 Å². The van der Waals surface area contributed by atoms with E-state index >= 15 is 0 Å². The van der Waals surface area contributed by atoms with Crippen molar-refractivity contribution in [2.75, 3.05) is 6.61 Å². The van der Waals surface area contributed by atoms with E-state index in [1.807, 2.05) is 38.1 Å². The maximum absolute atomic E-state index is 12.4. The van der Waals surface area contributed by atoms with Crippen LogP contribution in [-0.2, 0) is 12.8 Å².